The maximum atomic E-state index is 11.9. The van der Waals surface area contributed by atoms with Gasteiger partial charge in [-0.3, -0.25) is 9.48 Å². The highest BCUT2D eigenvalue weighted by Crippen LogP contribution is 2.10. The van der Waals surface area contributed by atoms with Crippen molar-refractivity contribution in [3.63, 3.8) is 0 Å². The molecular weight excluding hydrogens is 274 g/mol. The van der Waals surface area contributed by atoms with Crippen LogP contribution in [0.2, 0.25) is 0 Å². The lowest BCUT2D eigenvalue weighted by molar-refractivity contribution is 0.0942. The third kappa shape index (κ3) is 4.14. The standard InChI is InChI=1S/C13H19N5OS/c1-10(8-18-6-2-5-16-18)7-15-13(19)11-9-20-12(17-11)3-4-14/h2,5-6,9-10H,3-4,7-8,14H2,1H3,(H,15,19). The normalized spacial score (nSPS) is 12.3. The Morgan fingerprint density at radius 3 is 3.15 bits per heavy atom. The zero-order valence-electron chi connectivity index (χ0n) is 11.5. The Kier molecular flexibility index (Phi) is 5.25. The number of hydrogen-bond acceptors (Lipinski definition) is 5. The van der Waals surface area contributed by atoms with Gasteiger partial charge in [-0.2, -0.15) is 5.10 Å². The minimum Gasteiger partial charge on any atom is -0.350 e. The minimum absolute atomic E-state index is 0.128. The number of nitrogens with zero attached hydrogens (tertiary/aromatic N) is 3. The first kappa shape index (κ1) is 14.7. The second-order valence-corrected chi connectivity index (χ2v) is 5.65. The molecule has 0 aliphatic rings. The van der Waals surface area contributed by atoms with Gasteiger partial charge in [-0.25, -0.2) is 4.98 Å². The van der Waals surface area contributed by atoms with E-state index in [9.17, 15) is 4.79 Å². The highest BCUT2D eigenvalue weighted by molar-refractivity contribution is 7.09. The molecule has 0 bridgehead atoms. The first-order valence-corrected chi connectivity index (χ1v) is 7.47. The lowest BCUT2D eigenvalue weighted by Gasteiger charge is -2.12. The fourth-order valence-electron chi connectivity index (χ4n) is 1.80. The smallest absolute Gasteiger partial charge is 0.270 e. The fourth-order valence-corrected chi connectivity index (χ4v) is 2.60. The molecule has 3 N–H and O–H groups in total. The van der Waals surface area contributed by atoms with E-state index < -0.39 is 0 Å². The molecule has 1 atom stereocenters. The summed E-state index contributed by atoms with van der Waals surface area (Å²) in [6.07, 6.45) is 4.38. The molecule has 0 aromatic carbocycles. The van der Waals surface area contributed by atoms with Crippen LogP contribution in [0.3, 0.4) is 0 Å². The topological polar surface area (TPSA) is 85.8 Å². The molecule has 2 rings (SSSR count). The maximum absolute atomic E-state index is 11.9. The number of thiazole rings is 1. The summed E-state index contributed by atoms with van der Waals surface area (Å²) in [5.41, 5.74) is 5.94. The summed E-state index contributed by atoms with van der Waals surface area (Å²) >= 11 is 1.47. The molecule has 0 aliphatic heterocycles. The van der Waals surface area contributed by atoms with Gasteiger partial charge in [-0.05, 0) is 18.5 Å². The van der Waals surface area contributed by atoms with Gasteiger partial charge in [0.1, 0.15) is 5.69 Å². The first-order chi connectivity index (χ1) is 9.69. The van der Waals surface area contributed by atoms with Crippen molar-refractivity contribution in [1.29, 1.82) is 0 Å². The SMILES string of the molecule is CC(CNC(=O)c1csc(CCN)n1)Cn1cccn1. The number of hydrogen-bond donors (Lipinski definition) is 2. The zero-order valence-corrected chi connectivity index (χ0v) is 12.3. The van der Waals surface area contributed by atoms with E-state index in [2.05, 4.69) is 22.3 Å². The van der Waals surface area contributed by atoms with Crippen LogP contribution < -0.4 is 11.1 Å². The molecular formula is C13H19N5OS. The van der Waals surface area contributed by atoms with Gasteiger partial charge < -0.3 is 11.1 Å². The van der Waals surface area contributed by atoms with Crippen LogP contribution in [-0.2, 0) is 13.0 Å². The van der Waals surface area contributed by atoms with Crippen LogP contribution in [0.5, 0.6) is 0 Å². The van der Waals surface area contributed by atoms with Crippen LogP contribution in [0.25, 0.3) is 0 Å². The Bertz CT molecular complexity index is 537. The number of aromatic nitrogens is 3. The van der Waals surface area contributed by atoms with E-state index in [0.717, 1.165) is 11.6 Å². The van der Waals surface area contributed by atoms with Crippen molar-refractivity contribution < 1.29 is 4.79 Å². The van der Waals surface area contributed by atoms with E-state index in [0.29, 0.717) is 31.1 Å². The second kappa shape index (κ2) is 7.16. The highest BCUT2D eigenvalue weighted by atomic mass is 32.1. The van der Waals surface area contributed by atoms with Gasteiger partial charge in [-0.1, -0.05) is 6.92 Å². The number of amides is 1. The fraction of sp³-hybridized carbons (Fsp3) is 0.462. The molecule has 0 saturated heterocycles. The van der Waals surface area contributed by atoms with Crippen molar-refractivity contribution in [1.82, 2.24) is 20.1 Å². The molecule has 108 valence electrons. The van der Waals surface area contributed by atoms with Crippen molar-refractivity contribution >= 4 is 17.2 Å². The summed E-state index contributed by atoms with van der Waals surface area (Å²) in [4.78, 5) is 16.2. The van der Waals surface area contributed by atoms with Crippen molar-refractivity contribution in [2.45, 2.75) is 19.9 Å². The molecule has 0 fully saturated rings. The molecule has 2 aromatic rings. The predicted molar refractivity (Wildman–Crippen MR) is 78.6 cm³/mol. The molecule has 6 nitrogen and oxygen atoms in total. The average molecular weight is 293 g/mol. The molecule has 0 spiro atoms. The van der Waals surface area contributed by atoms with Crippen molar-refractivity contribution in [2.24, 2.45) is 11.7 Å². The van der Waals surface area contributed by atoms with Gasteiger partial charge in [0, 0.05) is 37.3 Å². The molecule has 2 aromatic heterocycles. The van der Waals surface area contributed by atoms with E-state index in [4.69, 9.17) is 5.73 Å². The van der Waals surface area contributed by atoms with Gasteiger partial charge in [0.25, 0.3) is 5.91 Å². The van der Waals surface area contributed by atoms with Crippen LogP contribution in [0, 0.1) is 5.92 Å². The molecule has 1 amide bonds. The summed E-state index contributed by atoms with van der Waals surface area (Å²) in [5, 5.41) is 9.73. The Morgan fingerprint density at radius 1 is 1.60 bits per heavy atom. The summed E-state index contributed by atoms with van der Waals surface area (Å²) in [6.45, 7) is 4.00. The van der Waals surface area contributed by atoms with Crippen LogP contribution in [0.15, 0.2) is 23.8 Å². The van der Waals surface area contributed by atoms with Gasteiger partial charge in [0.15, 0.2) is 0 Å². The van der Waals surface area contributed by atoms with Crippen LogP contribution in [-0.4, -0.2) is 33.8 Å². The van der Waals surface area contributed by atoms with E-state index in [-0.39, 0.29) is 5.91 Å². The van der Waals surface area contributed by atoms with E-state index in [1.54, 1.807) is 11.6 Å². The lowest BCUT2D eigenvalue weighted by atomic mass is 10.2. The van der Waals surface area contributed by atoms with E-state index in [1.165, 1.54) is 11.3 Å². The van der Waals surface area contributed by atoms with Gasteiger partial charge in [0.2, 0.25) is 0 Å². The Labute approximate surface area is 122 Å². The summed E-state index contributed by atoms with van der Waals surface area (Å²) < 4.78 is 1.86. The highest BCUT2D eigenvalue weighted by Gasteiger charge is 2.12. The molecule has 1 unspecified atom stereocenters. The summed E-state index contributed by atoms with van der Waals surface area (Å²) in [7, 11) is 0. The van der Waals surface area contributed by atoms with Crippen molar-refractivity contribution in [3.05, 3.63) is 34.5 Å². The third-order valence-corrected chi connectivity index (χ3v) is 3.72. The molecule has 0 aliphatic carbocycles. The Morgan fingerprint density at radius 2 is 2.45 bits per heavy atom. The van der Waals surface area contributed by atoms with Crippen LogP contribution in [0.1, 0.15) is 22.4 Å². The van der Waals surface area contributed by atoms with Gasteiger partial charge in [0.05, 0.1) is 5.01 Å². The minimum atomic E-state index is -0.128. The van der Waals surface area contributed by atoms with E-state index >= 15 is 0 Å². The second-order valence-electron chi connectivity index (χ2n) is 4.71. The van der Waals surface area contributed by atoms with Crippen LogP contribution >= 0.6 is 11.3 Å². The monoisotopic (exact) mass is 293 g/mol. The maximum Gasteiger partial charge on any atom is 0.270 e. The van der Waals surface area contributed by atoms with Crippen molar-refractivity contribution in [3.8, 4) is 0 Å². The summed E-state index contributed by atoms with van der Waals surface area (Å²) in [6, 6.07) is 1.89. The quantitative estimate of drug-likeness (QED) is 0.794. The number of carbonyl (C=O) groups is 1. The van der Waals surface area contributed by atoms with Gasteiger partial charge >= 0.3 is 0 Å². The zero-order chi connectivity index (χ0) is 14.4. The average Bonchev–Trinajstić information content (AvgIpc) is 3.08. The largest absolute Gasteiger partial charge is 0.350 e. The predicted octanol–water partition coefficient (Wildman–Crippen LogP) is 0.907. The summed E-state index contributed by atoms with van der Waals surface area (Å²) in [5.74, 6) is 0.179. The van der Waals surface area contributed by atoms with Crippen molar-refractivity contribution in [2.75, 3.05) is 13.1 Å². The number of nitrogens with one attached hydrogen (secondary N) is 1. The van der Waals surface area contributed by atoms with E-state index in [1.807, 2.05) is 16.9 Å². The van der Waals surface area contributed by atoms with Crippen LogP contribution in [0.4, 0.5) is 0 Å². The number of carbonyl (C=O) groups excluding carboxylic acids is 1. The molecule has 20 heavy (non-hydrogen) atoms. The number of rotatable bonds is 7. The molecule has 0 saturated carbocycles. The lowest BCUT2D eigenvalue weighted by Crippen LogP contribution is -2.30. The number of nitrogens with two attached hydrogens (primary N) is 1. The molecule has 7 heteroatoms. The van der Waals surface area contributed by atoms with Gasteiger partial charge in [-0.15, -0.1) is 11.3 Å². The molecule has 2 heterocycles. The molecule has 0 radical (unpaired) electrons. The first-order valence-electron chi connectivity index (χ1n) is 6.59. The third-order valence-electron chi connectivity index (χ3n) is 2.81. The Balaban J connectivity index is 1.79. The Hall–Kier alpha value is -1.73.